The molecule has 0 aliphatic carbocycles. The fourth-order valence-electron chi connectivity index (χ4n) is 5.06. The van der Waals surface area contributed by atoms with Crippen LogP contribution < -0.4 is 0 Å². The third-order valence-corrected chi connectivity index (χ3v) is 7.62. The Morgan fingerprint density at radius 3 is 1.11 bits per heavy atom. The van der Waals surface area contributed by atoms with E-state index in [9.17, 15) is 20.4 Å². The van der Waals surface area contributed by atoms with Crippen LogP contribution in [-0.4, -0.2) is 88.2 Å². The SMILES string of the molecule is CCCCCCCCCCCCCCCCCCCCCC[N+](C)(C)C[C@@H](O)[C@H](O)[C@H](O)[C@H](O)CO. The lowest BCUT2D eigenvalue weighted by molar-refractivity contribution is -0.894. The van der Waals surface area contributed by atoms with Crippen molar-refractivity contribution in [2.75, 3.05) is 33.8 Å². The molecule has 5 N–H and O–H groups in total. The maximum Gasteiger partial charge on any atom is 0.131 e. The molecule has 218 valence electrons. The van der Waals surface area contributed by atoms with Crippen molar-refractivity contribution in [1.82, 2.24) is 0 Å². The van der Waals surface area contributed by atoms with E-state index in [1.165, 1.54) is 122 Å². The van der Waals surface area contributed by atoms with Gasteiger partial charge in [0.25, 0.3) is 0 Å². The third kappa shape index (κ3) is 20.8. The Morgan fingerprint density at radius 2 is 0.778 bits per heavy atom. The van der Waals surface area contributed by atoms with Crippen LogP contribution >= 0.6 is 0 Å². The van der Waals surface area contributed by atoms with Crippen LogP contribution in [0.5, 0.6) is 0 Å². The minimum absolute atomic E-state index is 0.287. The largest absolute Gasteiger partial charge is 0.394 e. The lowest BCUT2D eigenvalue weighted by Gasteiger charge is -2.34. The molecule has 0 aliphatic heterocycles. The Morgan fingerprint density at radius 1 is 0.472 bits per heavy atom. The number of unbranched alkanes of at least 4 members (excludes halogenated alkanes) is 19. The summed E-state index contributed by atoms with van der Waals surface area (Å²) in [5.74, 6) is 0. The normalized spacial score (nSPS) is 15.7. The molecule has 0 amide bonds. The van der Waals surface area contributed by atoms with Gasteiger partial charge in [0.05, 0.1) is 27.2 Å². The van der Waals surface area contributed by atoms with Crippen LogP contribution in [0.25, 0.3) is 0 Å². The Hall–Kier alpha value is -0.240. The van der Waals surface area contributed by atoms with Gasteiger partial charge in [-0.2, -0.15) is 0 Å². The molecule has 0 rings (SSSR count). The first-order valence-corrected chi connectivity index (χ1v) is 15.4. The van der Waals surface area contributed by atoms with Crippen LogP contribution in [0, 0.1) is 0 Å². The minimum Gasteiger partial charge on any atom is -0.394 e. The number of rotatable bonds is 27. The molecule has 0 aromatic rings. The second-order valence-electron chi connectivity index (χ2n) is 11.9. The fraction of sp³-hybridized carbons (Fsp3) is 1.00. The van der Waals surface area contributed by atoms with E-state index in [-0.39, 0.29) is 6.54 Å². The molecule has 0 bridgehead atoms. The topological polar surface area (TPSA) is 101 Å². The molecule has 0 saturated heterocycles. The lowest BCUT2D eigenvalue weighted by Crippen LogP contribution is -2.54. The minimum atomic E-state index is -1.55. The number of hydrogen-bond donors (Lipinski definition) is 5. The highest BCUT2D eigenvalue weighted by atomic mass is 16.4. The summed E-state index contributed by atoms with van der Waals surface area (Å²) in [4.78, 5) is 0. The van der Waals surface area contributed by atoms with Gasteiger partial charge in [0.1, 0.15) is 31.0 Å². The van der Waals surface area contributed by atoms with Gasteiger partial charge in [0.15, 0.2) is 0 Å². The smallest absolute Gasteiger partial charge is 0.131 e. The van der Waals surface area contributed by atoms with Gasteiger partial charge in [0.2, 0.25) is 0 Å². The van der Waals surface area contributed by atoms with Crippen molar-refractivity contribution < 1.29 is 30.0 Å². The van der Waals surface area contributed by atoms with Gasteiger partial charge in [-0.3, -0.25) is 0 Å². The molecule has 0 unspecified atom stereocenters. The van der Waals surface area contributed by atoms with Crippen LogP contribution in [-0.2, 0) is 0 Å². The van der Waals surface area contributed by atoms with E-state index in [1.54, 1.807) is 0 Å². The molecule has 0 aromatic carbocycles. The highest BCUT2D eigenvalue weighted by Gasteiger charge is 2.33. The Bertz CT molecular complexity index is 463. The van der Waals surface area contributed by atoms with Crippen LogP contribution in [0.15, 0.2) is 0 Å². The van der Waals surface area contributed by atoms with E-state index >= 15 is 0 Å². The summed E-state index contributed by atoms with van der Waals surface area (Å²) in [6, 6.07) is 0. The zero-order valence-electron chi connectivity index (χ0n) is 24.3. The molecule has 0 aliphatic rings. The second-order valence-corrected chi connectivity index (χ2v) is 11.9. The fourth-order valence-corrected chi connectivity index (χ4v) is 5.06. The highest BCUT2D eigenvalue weighted by molar-refractivity contribution is 4.80. The predicted octanol–water partition coefficient (Wildman–Crippen LogP) is 5.32. The van der Waals surface area contributed by atoms with Gasteiger partial charge < -0.3 is 30.0 Å². The summed E-state index contributed by atoms with van der Waals surface area (Å²) in [6.45, 7) is 2.81. The molecule has 0 heterocycles. The van der Waals surface area contributed by atoms with Crippen LogP contribution in [0.4, 0.5) is 0 Å². The molecule has 6 nitrogen and oxygen atoms in total. The monoisotopic (exact) mass is 518 g/mol. The van der Waals surface area contributed by atoms with E-state index in [4.69, 9.17) is 5.11 Å². The van der Waals surface area contributed by atoms with Crippen molar-refractivity contribution >= 4 is 0 Å². The average molecular weight is 519 g/mol. The summed E-state index contributed by atoms with van der Waals surface area (Å²) < 4.78 is 0.541. The van der Waals surface area contributed by atoms with E-state index in [0.717, 1.165) is 13.0 Å². The van der Waals surface area contributed by atoms with Gasteiger partial charge in [0, 0.05) is 0 Å². The molecular formula is C30H64NO5+. The molecule has 0 fully saturated rings. The Labute approximate surface area is 223 Å². The number of likely N-dealkylation sites (N-methyl/N-ethyl adjacent to an activating group) is 1. The van der Waals surface area contributed by atoms with Crippen molar-refractivity contribution in [2.45, 2.75) is 160 Å². The first-order chi connectivity index (χ1) is 17.2. The molecule has 36 heavy (non-hydrogen) atoms. The summed E-state index contributed by atoms with van der Waals surface area (Å²) >= 11 is 0. The van der Waals surface area contributed by atoms with Gasteiger partial charge in [-0.1, -0.05) is 122 Å². The summed E-state index contributed by atoms with van der Waals surface area (Å²) in [5, 5.41) is 48.3. The maximum absolute atomic E-state index is 10.2. The number of quaternary nitrogens is 1. The van der Waals surface area contributed by atoms with Crippen molar-refractivity contribution in [3.05, 3.63) is 0 Å². The quantitative estimate of drug-likeness (QED) is 0.0748. The van der Waals surface area contributed by atoms with E-state index in [1.807, 2.05) is 14.1 Å². The van der Waals surface area contributed by atoms with Crippen molar-refractivity contribution in [1.29, 1.82) is 0 Å². The Balaban J connectivity index is 3.49. The first kappa shape index (κ1) is 35.8. The number of nitrogens with zero attached hydrogens (tertiary/aromatic N) is 1. The summed E-state index contributed by atoms with van der Waals surface area (Å²) in [7, 11) is 4.00. The average Bonchev–Trinajstić information content (AvgIpc) is 2.85. The maximum atomic E-state index is 10.2. The molecule has 4 atom stereocenters. The molecule has 0 saturated carbocycles. The Kier molecular flexibility index (Phi) is 23.7. The first-order valence-electron chi connectivity index (χ1n) is 15.4. The molecule has 0 spiro atoms. The summed E-state index contributed by atoms with van der Waals surface area (Å²) in [6.07, 6.45) is 21.6. The summed E-state index contributed by atoms with van der Waals surface area (Å²) in [5.41, 5.74) is 0. The van der Waals surface area contributed by atoms with Gasteiger partial charge in [-0.05, 0) is 12.8 Å². The van der Waals surface area contributed by atoms with Crippen LogP contribution in [0.3, 0.4) is 0 Å². The second kappa shape index (κ2) is 23.8. The third-order valence-electron chi connectivity index (χ3n) is 7.62. The van der Waals surface area contributed by atoms with E-state index in [2.05, 4.69) is 6.92 Å². The lowest BCUT2D eigenvalue weighted by atomic mass is 10.0. The highest BCUT2D eigenvalue weighted by Crippen LogP contribution is 2.16. The molecular weight excluding hydrogens is 454 g/mol. The van der Waals surface area contributed by atoms with Gasteiger partial charge in [-0.25, -0.2) is 0 Å². The number of aliphatic hydroxyl groups is 5. The number of aliphatic hydroxyl groups excluding tert-OH is 5. The van der Waals surface area contributed by atoms with Crippen LogP contribution in [0.2, 0.25) is 0 Å². The van der Waals surface area contributed by atoms with Crippen molar-refractivity contribution in [3.8, 4) is 0 Å². The molecule has 0 aromatic heterocycles. The van der Waals surface area contributed by atoms with E-state index < -0.39 is 31.0 Å². The van der Waals surface area contributed by atoms with Crippen molar-refractivity contribution in [3.63, 3.8) is 0 Å². The number of hydrogen-bond acceptors (Lipinski definition) is 5. The predicted molar refractivity (Wildman–Crippen MR) is 151 cm³/mol. The van der Waals surface area contributed by atoms with Crippen molar-refractivity contribution in [2.24, 2.45) is 0 Å². The van der Waals surface area contributed by atoms with Crippen LogP contribution in [0.1, 0.15) is 135 Å². The van der Waals surface area contributed by atoms with Gasteiger partial charge in [-0.15, -0.1) is 0 Å². The van der Waals surface area contributed by atoms with Gasteiger partial charge >= 0.3 is 0 Å². The zero-order chi connectivity index (χ0) is 27.1. The zero-order valence-corrected chi connectivity index (χ0v) is 24.3. The molecule has 6 heteroatoms. The molecule has 0 radical (unpaired) electrons. The standard InChI is InChI=1S/C30H64NO5/c1-4-5-6-7-8-9-10-11-12-13-14-15-16-17-18-19-20-21-22-23-24-31(2,3)25-27(33)29(35)30(36)28(34)26-32/h27-30,32-36H,4-26H2,1-3H3/q+1/t27-,28-,29+,30-/m1/s1. The van der Waals surface area contributed by atoms with E-state index in [0.29, 0.717) is 4.48 Å².